The highest BCUT2D eigenvalue weighted by atomic mass is 35.5. The average Bonchev–Trinajstić information content (AvgIpc) is 2.70. The molecule has 1 amide bonds. The zero-order valence-corrected chi connectivity index (χ0v) is 10.3. The first-order chi connectivity index (χ1) is 8.47. The summed E-state index contributed by atoms with van der Waals surface area (Å²) in [5.74, 6) is -2.46. The topological polar surface area (TPSA) is 68.0 Å². The lowest BCUT2D eigenvalue weighted by Crippen LogP contribution is -2.14. The number of aromatic nitrogens is 1. The number of anilines is 2. The Kier molecular flexibility index (Phi) is 3.44. The van der Waals surface area contributed by atoms with Gasteiger partial charge in [0.2, 0.25) is 0 Å². The van der Waals surface area contributed by atoms with E-state index in [9.17, 15) is 13.6 Å². The molecule has 1 aromatic carbocycles. The van der Waals surface area contributed by atoms with E-state index in [1.807, 2.05) is 0 Å². The molecule has 0 atom stereocenters. The number of thiazole rings is 1. The molecule has 18 heavy (non-hydrogen) atoms. The highest BCUT2D eigenvalue weighted by Crippen LogP contribution is 2.27. The molecular weight excluding hydrogens is 284 g/mol. The molecule has 0 radical (unpaired) electrons. The van der Waals surface area contributed by atoms with Crippen molar-refractivity contribution >= 4 is 39.7 Å². The van der Waals surface area contributed by atoms with Crippen molar-refractivity contribution < 1.29 is 13.6 Å². The van der Waals surface area contributed by atoms with E-state index in [4.69, 9.17) is 17.3 Å². The van der Waals surface area contributed by atoms with E-state index in [1.165, 1.54) is 5.38 Å². The van der Waals surface area contributed by atoms with Gasteiger partial charge in [0.05, 0.1) is 10.7 Å². The van der Waals surface area contributed by atoms with E-state index >= 15 is 0 Å². The van der Waals surface area contributed by atoms with Gasteiger partial charge in [-0.1, -0.05) is 11.6 Å². The average molecular weight is 290 g/mol. The Hall–Kier alpha value is -1.73. The molecule has 94 valence electrons. The summed E-state index contributed by atoms with van der Waals surface area (Å²) in [6.45, 7) is 0. The third-order valence-corrected chi connectivity index (χ3v) is 2.97. The number of hydrogen-bond acceptors (Lipinski definition) is 4. The minimum absolute atomic E-state index is 0.0392. The summed E-state index contributed by atoms with van der Waals surface area (Å²) in [4.78, 5) is 15.4. The maximum Gasteiger partial charge on any atom is 0.275 e. The molecule has 0 fully saturated rings. The van der Waals surface area contributed by atoms with Gasteiger partial charge >= 0.3 is 0 Å². The second-order valence-electron chi connectivity index (χ2n) is 3.27. The number of amides is 1. The van der Waals surface area contributed by atoms with Gasteiger partial charge in [-0.05, 0) is 6.07 Å². The normalized spacial score (nSPS) is 10.4. The Morgan fingerprint density at radius 1 is 1.44 bits per heavy atom. The fourth-order valence-electron chi connectivity index (χ4n) is 1.23. The summed E-state index contributed by atoms with van der Waals surface area (Å²) in [6.07, 6.45) is 0. The van der Waals surface area contributed by atoms with Crippen molar-refractivity contribution in [2.75, 3.05) is 11.1 Å². The van der Waals surface area contributed by atoms with Crippen LogP contribution in [0.5, 0.6) is 0 Å². The van der Waals surface area contributed by atoms with E-state index in [-0.39, 0.29) is 21.5 Å². The van der Waals surface area contributed by atoms with Crippen molar-refractivity contribution in [3.63, 3.8) is 0 Å². The van der Waals surface area contributed by atoms with E-state index in [0.29, 0.717) is 6.07 Å². The third kappa shape index (κ3) is 2.57. The molecule has 0 unspecified atom stereocenters. The van der Waals surface area contributed by atoms with Gasteiger partial charge in [0.25, 0.3) is 5.91 Å². The fraction of sp³-hybridized carbons (Fsp3) is 0. The lowest BCUT2D eigenvalue weighted by molar-refractivity contribution is 0.102. The maximum absolute atomic E-state index is 13.4. The minimum Gasteiger partial charge on any atom is -0.375 e. The molecule has 3 N–H and O–H groups in total. The van der Waals surface area contributed by atoms with Gasteiger partial charge in [-0.3, -0.25) is 4.79 Å². The molecule has 0 aliphatic heterocycles. The zero-order chi connectivity index (χ0) is 13.3. The van der Waals surface area contributed by atoms with Crippen molar-refractivity contribution in [2.45, 2.75) is 0 Å². The van der Waals surface area contributed by atoms with Gasteiger partial charge in [-0.15, -0.1) is 11.3 Å². The Labute approximate surface area is 109 Å². The number of nitrogens with two attached hydrogens (primary N) is 1. The van der Waals surface area contributed by atoms with E-state index in [1.54, 1.807) is 0 Å². The van der Waals surface area contributed by atoms with Crippen LogP contribution < -0.4 is 11.1 Å². The smallest absolute Gasteiger partial charge is 0.275 e. The van der Waals surface area contributed by atoms with E-state index < -0.39 is 17.5 Å². The van der Waals surface area contributed by atoms with Gasteiger partial charge in [0, 0.05) is 11.4 Å². The number of nitrogens with zero attached hydrogens (tertiary/aromatic N) is 1. The number of carbonyl (C=O) groups is 1. The van der Waals surface area contributed by atoms with Crippen LogP contribution in [0.1, 0.15) is 10.5 Å². The van der Waals surface area contributed by atoms with Crippen LogP contribution in [0, 0.1) is 11.6 Å². The molecule has 0 saturated heterocycles. The van der Waals surface area contributed by atoms with Crippen molar-refractivity contribution in [2.24, 2.45) is 0 Å². The quantitative estimate of drug-likeness (QED) is 0.893. The second kappa shape index (κ2) is 4.87. The van der Waals surface area contributed by atoms with E-state index in [0.717, 1.165) is 17.4 Å². The summed E-state index contributed by atoms with van der Waals surface area (Å²) in [5.41, 5.74) is 5.11. The first-order valence-electron chi connectivity index (χ1n) is 4.64. The number of nitrogen functional groups attached to an aromatic ring is 1. The summed E-state index contributed by atoms with van der Waals surface area (Å²) >= 11 is 6.71. The van der Waals surface area contributed by atoms with Crippen LogP contribution in [0.25, 0.3) is 0 Å². The Morgan fingerprint density at radius 2 is 2.17 bits per heavy atom. The number of rotatable bonds is 2. The van der Waals surface area contributed by atoms with Crippen LogP contribution in [-0.4, -0.2) is 10.9 Å². The third-order valence-electron chi connectivity index (χ3n) is 2.00. The first kappa shape index (κ1) is 12.7. The highest BCUT2D eigenvalue weighted by Gasteiger charge is 2.16. The number of halogens is 3. The first-order valence-corrected chi connectivity index (χ1v) is 5.90. The largest absolute Gasteiger partial charge is 0.375 e. The molecule has 0 aliphatic carbocycles. The van der Waals surface area contributed by atoms with Gasteiger partial charge in [0.1, 0.15) is 11.5 Å². The molecule has 2 aromatic rings. The summed E-state index contributed by atoms with van der Waals surface area (Å²) in [6, 6.07) is 1.52. The SMILES string of the molecule is Nc1nc(C(=O)Nc2c(F)cc(F)cc2Cl)cs1. The predicted molar refractivity (Wildman–Crippen MR) is 65.8 cm³/mol. The van der Waals surface area contributed by atoms with Gasteiger partial charge in [0.15, 0.2) is 10.9 Å². The molecule has 0 spiro atoms. The monoisotopic (exact) mass is 289 g/mol. The zero-order valence-electron chi connectivity index (χ0n) is 8.71. The van der Waals surface area contributed by atoms with Crippen LogP contribution in [0.15, 0.2) is 17.5 Å². The fourth-order valence-corrected chi connectivity index (χ4v) is 2.02. The van der Waals surface area contributed by atoms with Crippen LogP contribution in [0.2, 0.25) is 5.02 Å². The second-order valence-corrected chi connectivity index (χ2v) is 4.57. The molecule has 2 rings (SSSR count). The molecule has 8 heteroatoms. The minimum atomic E-state index is -0.962. The van der Waals surface area contributed by atoms with Crippen molar-refractivity contribution in [3.8, 4) is 0 Å². The number of benzene rings is 1. The molecule has 4 nitrogen and oxygen atoms in total. The van der Waals surface area contributed by atoms with Crippen LogP contribution in [-0.2, 0) is 0 Å². The molecule has 0 aliphatic rings. The Morgan fingerprint density at radius 3 is 2.72 bits per heavy atom. The van der Waals surface area contributed by atoms with Gasteiger partial charge in [-0.25, -0.2) is 13.8 Å². The number of nitrogens with one attached hydrogen (secondary N) is 1. The molecular formula is C10H6ClF2N3OS. The summed E-state index contributed by atoms with van der Waals surface area (Å²) in [7, 11) is 0. The standard InChI is InChI=1S/C10H6ClF2N3OS/c11-5-1-4(12)2-6(13)8(5)16-9(17)7-3-18-10(14)15-7/h1-3H,(H2,14,15)(H,16,17). The molecule has 1 heterocycles. The Balaban J connectivity index is 2.27. The highest BCUT2D eigenvalue weighted by molar-refractivity contribution is 7.13. The van der Waals surface area contributed by atoms with Gasteiger partial charge in [-0.2, -0.15) is 0 Å². The summed E-state index contributed by atoms with van der Waals surface area (Å²) in [5, 5.41) is 3.61. The van der Waals surface area contributed by atoms with Crippen LogP contribution in [0.4, 0.5) is 19.6 Å². The lowest BCUT2D eigenvalue weighted by atomic mass is 10.3. The Bertz CT molecular complexity index is 594. The van der Waals surface area contributed by atoms with Gasteiger partial charge < -0.3 is 11.1 Å². The van der Waals surface area contributed by atoms with Crippen molar-refractivity contribution in [1.29, 1.82) is 0 Å². The van der Waals surface area contributed by atoms with Crippen molar-refractivity contribution in [1.82, 2.24) is 4.98 Å². The van der Waals surface area contributed by atoms with Crippen LogP contribution >= 0.6 is 22.9 Å². The van der Waals surface area contributed by atoms with E-state index in [2.05, 4.69) is 10.3 Å². The molecule has 1 aromatic heterocycles. The molecule has 0 bridgehead atoms. The predicted octanol–water partition coefficient (Wildman–Crippen LogP) is 2.91. The maximum atomic E-state index is 13.4. The molecule has 0 saturated carbocycles. The number of hydrogen-bond donors (Lipinski definition) is 2. The van der Waals surface area contributed by atoms with Crippen molar-refractivity contribution in [3.05, 3.63) is 39.9 Å². The number of carbonyl (C=O) groups excluding carboxylic acids is 1. The summed E-state index contributed by atoms with van der Waals surface area (Å²) < 4.78 is 26.2. The lowest BCUT2D eigenvalue weighted by Gasteiger charge is -2.07. The van der Waals surface area contributed by atoms with Crippen LogP contribution in [0.3, 0.4) is 0 Å².